The number of nitrogens with one attached hydrogen (secondary N) is 2. The average molecular weight is 470 g/mol. The van der Waals surface area contributed by atoms with Crippen molar-refractivity contribution in [3.63, 3.8) is 0 Å². The van der Waals surface area contributed by atoms with Crippen LogP contribution in [0.5, 0.6) is 0 Å². The first-order valence-corrected chi connectivity index (χ1v) is 11.9. The lowest BCUT2D eigenvalue weighted by atomic mass is 10.1. The van der Waals surface area contributed by atoms with Gasteiger partial charge in [0.25, 0.3) is 0 Å². The van der Waals surface area contributed by atoms with Crippen molar-refractivity contribution in [1.82, 2.24) is 40.0 Å². The number of anilines is 4. The first-order valence-electron chi connectivity index (χ1n) is 11.9. The van der Waals surface area contributed by atoms with E-state index in [9.17, 15) is 0 Å². The molecular formula is C24H27N11. The van der Waals surface area contributed by atoms with Crippen molar-refractivity contribution >= 4 is 23.5 Å². The Morgan fingerprint density at radius 3 is 2.29 bits per heavy atom. The van der Waals surface area contributed by atoms with Crippen molar-refractivity contribution in [3.05, 3.63) is 72.6 Å². The van der Waals surface area contributed by atoms with Gasteiger partial charge in [0.2, 0.25) is 17.8 Å². The van der Waals surface area contributed by atoms with Gasteiger partial charge in [0.05, 0.1) is 17.9 Å². The lowest BCUT2D eigenvalue weighted by Crippen LogP contribution is -2.47. The number of rotatable bonds is 7. The smallest absolute Gasteiger partial charge is 0.232 e. The highest BCUT2D eigenvalue weighted by molar-refractivity contribution is 5.52. The van der Waals surface area contributed by atoms with Gasteiger partial charge >= 0.3 is 0 Å². The monoisotopic (exact) mass is 469 g/mol. The molecule has 35 heavy (non-hydrogen) atoms. The van der Waals surface area contributed by atoms with E-state index in [1.165, 1.54) is 5.56 Å². The molecule has 1 aromatic carbocycles. The Balaban J connectivity index is 1.05. The largest absolute Gasteiger partial charge is 0.337 e. The number of hydrogen-bond donors (Lipinski definition) is 2. The van der Waals surface area contributed by atoms with E-state index in [-0.39, 0.29) is 0 Å². The summed E-state index contributed by atoms with van der Waals surface area (Å²) in [5.41, 5.74) is 3.23. The molecule has 4 aromatic rings. The third kappa shape index (κ3) is 4.90. The molecule has 0 unspecified atom stereocenters. The fourth-order valence-electron chi connectivity index (χ4n) is 4.23. The molecule has 2 aliphatic rings. The number of piperazine rings is 1. The second-order valence-electron chi connectivity index (χ2n) is 8.78. The molecule has 2 N–H and O–H groups in total. The van der Waals surface area contributed by atoms with Gasteiger partial charge in [-0.2, -0.15) is 10.1 Å². The molecule has 0 atom stereocenters. The van der Waals surface area contributed by atoms with Crippen LogP contribution >= 0.6 is 0 Å². The zero-order chi connectivity index (χ0) is 23.5. The Hall–Kier alpha value is -4.12. The van der Waals surface area contributed by atoms with E-state index in [0.717, 1.165) is 62.9 Å². The van der Waals surface area contributed by atoms with E-state index in [1.54, 1.807) is 12.5 Å². The van der Waals surface area contributed by atoms with E-state index in [4.69, 9.17) is 0 Å². The molecule has 0 aliphatic carbocycles. The van der Waals surface area contributed by atoms with Crippen molar-refractivity contribution in [2.45, 2.75) is 12.5 Å². The number of benzene rings is 1. The molecule has 0 spiro atoms. The molecule has 3 aromatic heterocycles. The van der Waals surface area contributed by atoms with Crippen molar-refractivity contribution in [2.75, 3.05) is 54.4 Å². The molecule has 11 nitrogen and oxygen atoms in total. The third-order valence-electron chi connectivity index (χ3n) is 6.34. The van der Waals surface area contributed by atoms with Crippen LogP contribution in [0.1, 0.15) is 17.2 Å². The molecule has 11 heteroatoms. The van der Waals surface area contributed by atoms with Gasteiger partial charge in [0.15, 0.2) is 0 Å². The fourth-order valence-corrected chi connectivity index (χ4v) is 4.23. The molecule has 2 fully saturated rings. The summed E-state index contributed by atoms with van der Waals surface area (Å²) < 4.78 is 1.97. The standard InChI is InChI=1S/C24H27N11/c1-2-4-18(5-3-1)10-19-11-26-23(27-12-19)33-6-8-34(9-7-33)24-29-17-28-22(32-24)31-20-13-30-35(16-20)21-14-25-15-21/h1-5,11-13,16-17,21,25H,6-10,14-15H2,(H,28,29,31,32). The molecule has 5 heterocycles. The molecule has 0 amide bonds. The molecule has 2 saturated heterocycles. The van der Waals surface area contributed by atoms with Crippen molar-refractivity contribution in [1.29, 1.82) is 0 Å². The minimum Gasteiger partial charge on any atom is -0.337 e. The second kappa shape index (κ2) is 9.63. The Morgan fingerprint density at radius 1 is 0.829 bits per heavy atom. The summed E-state index contributed by atoms with van der Waals surface area (Å²) in [5, 5.41) is 10.9. The van der Waals surface area contributed by atoms with Gasteiger partial charge in [-0.1, -0.05) is 30.3 Å². The van der Waals surface area contributed by atoms with Crippen LogP contribution in [-0.2, 0) is 6.42 Å². The van der Waals surface area contributed by atoms with E-state index in [1.807, 2.05) is 29.3 Å². The maximum Gasteiger partial charge on any atom is 0.232 e. The zero-order valence-electron chi connectivity index (χ0n) is 19.3. The summed E-state index contributed by atoms with van der Waals surface area (Å²) in [6, 6.07) is 10.8. The first kappa shape index (κ1) is 21.4. The van der Waals surface area contributed by atoms with Crippen LogP contribution in [0.4, 0.5) is 23.5 Å². The molecule has 2 aliphatic heterocycles. The predicted molar refractivity (Wildman–Crippen MR) is 133 cm³/mol. The van der Waals surface area contributed by atoms with E-state index >= 15 is 0 Å². The Bertz CT molecular complexity index is 1250. The van der Waals surface area contributed by atoms with Crippen molar-refractivity contribution in [2.24, 2.45) is 0 Å². The average Bonchev–Trinajstić information content (AvgIpc) is 3.32. The zero-order valence-corrected chi connectivity index (χ0v) is 19.3. The summed E-state index contributed by atoms with van der Waals surface area (Å²) in [6.07, 6.45) is 10.0. The van der Waals surface area contributed by atoms with Gasteiger partial charge in [-0.15, -0.1) is 0 Å². The Morgan fingerprint density at radius 2 is 1.57 bits per heavy atom. The van der Waals surface area contributed by atoms with Gasteiger partial charge in [-0.3, -0.25) is 4.68 Å². The van der Waals surface area contributed by atoms with Crippen LogP contribution < -0.4 is 20.4 Å². The first-order chi connectivity index (χ1) is 17.3. The summed E-state index contributed by atoms with van der Waals surface area (Å²) in [6.45, 7) is 5.07. The maximum atomic E-state index is 4.62. The van der Waals surface area contributed by atoms with Gasteiger partial charge in [0.1, 0.15) is 6.33 Å². The SMILES string of the molecule is c1ccc(Cc2cnc(N3CCN(c4ncnc(Nc5cnn(C6CNC6)c5)n4)CC3)nc2)cc1. The topological polar surface area (TPSA) is 113 Å². The quantitative estimate of drug-likeness (QED) is 0.414. The van der Waals surface area contributed by atoms with E-state index in [2.05, 4.69) is 74.7 Å². The van der Waals surface area contributed by atoms with Crippen LogP contribution in [0.3, 0.4) is 0 Å². The molecule has 0 bridgehead atoms. The summed E-state index contributed by atoms with van der Waals surface area (Å²) in [7, 11) is 0. The highest BCUT2D eigenvalue weighted by Crippen LogP contribution is 2.19. The Kier molecular flexibility index (Phi) is 5.89. The lowest BCUT2D eigenvalue weighted by molar-refractivity contribution is 0.318. The molecular weight excluding hydrogens is 442 g/mol. The van der Waals surface area contributed by atoms with Crippen LogP contribution in [0.15, 0.2) is 61.4 Å². The van der Waals surface area contributed by atoms with Crippen LogP contribution in [0, 0.1) is 0 Å². The molecule has 0 radical (unpaired) electrons. The number of nitrogens with zero attached hydrogens (tertiary/aromatic N) is 9. The normalized spacial score (nSPS) is 16.2. The third-order valence-corrected chi connectivity index (χ3v) is 6.34. The van der Waals surface area contributed by atoms with Gasteiger partial charge in [0, 0.05) is 64.3 Å². The summed E-state index contributed by atoms with van der Waals surface area (Å²) in [4.78, 5) is 26.9. The minimum absolute atomic E-state index is 0.416. The molecule has 178 valence electrons. The minimum atomic E-state index is 0.416. The maximum absolute atomic E-state index is 4.62. The number of hydrogen-bond acceptors (Lipinski definition) is 10. The summed E-state index contributed by atoms with van der Waals surface area (Å²) in [5.74, 6) is 1.94. The van der Waals surface area contributed by atoms with Crippen LogP contribution in [-0.4, -0.2) is 74.0 Å². The van der Waals surface area contributed by atoms with Crippen LogP contribution in [0.2, 0.25) is 0 Å². The highest BCUT2D eigenvalue weighted by Gasteiger charge is 2.22. The highest BCUT2D eigenvalue weighted by atomic mass is 15.4. The molecule has 0 saturated carbocycles. The van der Waals surface area contributed by atoms with Crippen LogP contribution in [0.25, 0.3) is 0 Å². The second-order valence-corrected chi connectivity index (χ2v) is 8.78. The Labute approximate surface area is 203 Å². The van der Waals surface area contributed by atoms with Crippen molar-refractivity contribution in [3.8, 4) is 0 Å². The van der Waals surface area contributed by atoms with Gasteiger partial charge < -0.3 is 20.4 Å². The van der Waals surface area contributed by atoms with Gasteiger partial charge in [-0.05, 0) is 11.1 Å². The predicted octanol–water partition coefficient (Wildman–Crippen LogP) is 1.66. The van der Waals surface area contributed by atoms with E-state index in [0.29, 0.717) is 17.9 Å². The lowest BCUT2D eigenvalue weighted by Gasteiger charge is -2.34. The fraction of sp³-hybridized carbons (Fsp3) is 0.333. The summed E-state index contributed by atoms with van der Waals surface area (Å²) >= 11 is 0. The molecule has 6 rings (SSSR count). The van der Waals surface area contributed by atoms with Gasteiger partial charge in [-0.25, -0.2) is 19.9 Å². The van der Waals surface area contributed by atoms with E-state index < -0.39 is 0 Å². The number of aromatic nitrogens is 7. The van der Waals surface area contributed by atoms with Crippen molar-refractivity contribution < 1.29 is 0 Å².